The normalized spacial score (nSPS) is 13.9. The van der Waals surface area contributed by atoms with Gasteiger partial charge >= 0.3 is 0 Å². The summed E-state index contributed by atoms with van der Waals surface area (Å²) < 4.78 is 5.01. The summed E-state index contributed by atoms with van der Waals surface area (Å²) in [5.41, 5.74) is 1.20. The van der Waals surface area contributed by atoms with Crippen LogP contribution in [0.3, 0.4) is 0 Å². The van der Waals surface area contributed by atoms with Crippen LogP contribution in [0.25, 0.3) is 0 Å². The van der Waals surface area contributed by atoms with E-state index in [4.69, 9.17) is 4.42 Å². The van der Waals surface area contributed by atoms with Gasteiger partial charge in [-0.05, 0) is 32.4 Å². The van der Waals surface area contributed by atoms with Crippen LogP contribution in [0.2, 0.25) is 0 Å². The standard InChI is InChI=1S/C14H19NO2/c1-4-6-11(2)8-9-12(3)15-14(16)13-7-5-10-17-13/h5-10,12H,4H2,1-3H3,(H,15,16)/b9-8-,11-6-. The minimum atomic E-state index is -0.190. The third kappa shape index (κ3) is 4.72. The second kappa shape index (κ2) is 6.74. The lowest BCUT2D eigenvalue weighted by Crippen LogP contribution is -2.30. The van der Waals surface area contributed by atoms with E-state index in [9.17, 15) is 4.79 Å². The molecule has 3 heteroatoms. The van der Waals surface area contributed by atoms with Gasteiger partial charge in [0.05, 0.1) is 6.26 Å². The predicted molar refractivity (Wildman–Crippen MR) is 68.8 cm³/mol. The number of hydrogen-bond acceptors (Lipinski definition) is 2. The molecule has 0 aliphatic heterocycles. The van der Waals surface area contributed by atoms with E-state index in [1.165, 1.54) is 11.8 Å². The molecule has 92 valence electrons. The molecule has 0 bridgehead atoms. The van der Waals surface area contributed by atoms with E-state index in [1.54, 1.807) is 12.1 Å². The molecule has 3 nitrogen and oxygen atoms in total. The number of rotatable bonds is 5. The molecule has 0 spiro atoms. The highest BCUT2D eigenvalue weighted by Gasteiger charge is 2.09. The van der Waals surface area contributed by atoms with Crippen molar-refractivity contribution >= 4 is 5.91 Å². The van der Waals surface area contributed by atoms with E-state index in [1.807, 2.05) is 26.0 Å². The first-order valence-corrected chi connectivity index (χ1v) is 5.82. The third-order valence-corrected chi connectivity index (χ3v) is 2.28. The quantitative estimate of drug-likeness (QED) is 0.793. The van der Waals surface area contributed by atoms with E-state index in [0.29, 0.717) is 5.76 Å². The zero-order valence-corrected chi connectivity index (χ0v) is 10.6. The maximum atomic E-state index is 11.6. The number of nitrogens with one attached hydrogen (secondary N) is 1. The van der Waals surface area contributed by atoms with E-state index in [-0.39, 0.29) is 11.9 Å². The molecule has 0 saturated carbocycles. The molecular formula is C14H19NO2. The molecule has 0 saturated heterocycles. The van der Waals surface area contributed by atoms with Gasteiger partial charge < -0.3 is 9.73 Å². The van der Waals surface area contributed by atoms with Gasteiger partial charge in [-0.3, -0.25) is 4.79 Å². The maximum Gasteiger partial charge on any atom is 0.287 e. The van der Waals surface area contributed by atoms with Crippen LogP contribution in [-0.4, -0.2) is 11.9 Å². The van der Waals surface area contributed by atoms with Gasteiger partial charge in [-0.2, -0.15) is 0 Å². The zero-order chi connectivity index (χ0) is 12.7. The Balaban J connectivity index is 2.47. The summed E-state index contributed by atoms with van der Waals surface area (Å²) >= 11 is 0. The Morgan fingerprint density at radius 1 is 1.59 bits per heavy atom. The molecule has 1 atom stereocenters. The van der Waals surface area contributed by atoms with E-state index >= 15 is 0 Å². The van der Waals surface area contributed by atoms with Crippen LogP contribution < -0.4 is 5.32 Å². The Labute approximate surface area is 102 Å². The lowest BCUT2D eigenvalue weighted by Gasteiger charge is -2.07. The molecule has 0 aromatic carbocycles. The van der Waals surface area contributed by atoms with Crippen LogP contribution in [0.4, 0.5) is 0 Å². The monoisotopic (exact) mass is 233 g/mol. The van der Waals surface area contributed by atoms with Crippen LogP contribution >= 0.6 is 0 Å². The number of carbonyl (C=O) groups is 1. The van der Waals surface area contributed by atoms with E-state index in [2.05, 4.69) is 18.3 Å². The van der Waals surface area contributed by atoms with E-state index < -0.39 is 0 Å². The van der Waals surface area contributed by atoms with E-state index in [0.717, 1.165) is 6.42 Å². The second-order valence-electron chi connectivity index (χ2n) is 3.95. The molecule has 1 N–H and O–H groups in total. The van der Waals surface area contributed by atoms with Crippen LogP contribution in [0.1, 0.15) is 37.7 Å². The van der Waals surface area contributed by atoms with Crippen molar-refractivity contribution in [2.24, 2.45) is 0 Å². The van der Waals surface area contributed by atoms with Gasteiger partial charge in [0.1, 0.15) is 0 Å². The molecule has 0 aliphatic rings. The fraction of sp³-hybridized carbons (Fsp3) is 0.357. The molecule has 1 unspecified atom stereocenters. The van der Waals surface area contributed by atoms with Crippen molar-refractivity contribution in [3.63, 3.8) is 0 Å². The van der Waals surface area contributed by atoms with Crippen molar-refractivity contribution in [2.75, 3.05) is 0 Å². The Kier molecular flexibility index (Phi) is 5.27. The topological polar surface area (TPSA) is 42.2 Å². The molecule has 0 fully saturated rings. The van der Waals surface area contributed by atoms with Crippen molar-refractivity contribution in [1.29, 1.82) is 0 Å². The van der Waals surface area contributed by atoms with Gasteiger partial charge in [0.25, 0.3) is 5.91 Å². The Morgan fingerprint density at radius 3 is 2.94 bits per heavy atom. The van der Waals surface area contributed by atoms with Crippen molar-refractivity contribution in [3.8, 4) is 0 Å². The third-order valence-electron chi connectivity index (χ3n) is 2.28. The largest absolute Gasteiger partial charge is 0.459 e. The van der Waals surface area contributed by atoms with Crippen LogP contribution in [0, 0.1) is 0 Å². The highest BCUT2D eigenvalue weighted by Crippen LogP contribution is 2.02. The van der Waals surface area contributed by atoms with Crippen molar-refractivity contribution in [2.45, 2.75) is 33.2 Å². The Morgan fingerprint density at radius 2 is 2.35 bits per heavy atom. The Hall–Kier alpha value is -1.77. The van der Waals surface area contributed by atoms with Gasteiger partial charge in [0, 0.05) is 6.04 Å². The summed E-state index contributed by atoms with van der Waals surface area (Å²) in [6.07, 6.45) is 8.61. The van der Waals surface area contributed by atoms with Gasteiger partial charge in [0.2, 0.25) is 0 Å². The minimum absolute atomic E-state index is 0.0205. The molecule has 1 rings (SSSR count). The van der Waals surface area contributed by atoms with Gasteiger partial charge in [-0.15, -0.1) is 0 Å². The summed E-state index contributed by atoms with van der Waals surface area (Å²) in [6, 6.07) is 3.32. The zero-order valence-electron chi connectivity index (χ0n) is 10.6. The highest BCUT2D eigenvalue weighted by atomic mass is 16.3. The van der Waals surface area contributed by atoms with Crippen molar-refractivity contribution in [1.82, 2.24) is 5.32 Å². The van der Waals surface area contributed by atoms with Crippen LogP contribution in [0.15, 0.2) is 46.6 Å². The summed E-state index contributed by atoms with van der Waals surface area (Å²) in [5, 5.41) is 2.83. The molecule has 1 amide bonds. The predicted octanol–water partition coefficient (Wildman–Crippen LogP) is 3.31. The molecular weight excluding hydrogens is 214 g/mol. The maximum absolute atomic E-state index is 11.6. The number of carbonyl (C=O) groups excluding carboxylic acids is 1. The molecule has 0 radical (unpaired) electrons. The second-order valence-corrected chi connectivity index (χ2v) is 3.95. The Bertz CT molecular complexity index is 402. The lowest BCUT2D eigenvalue weighted by molar-refractivity contribution is 0.0919. The van der Waals surface area contributed by atoms with Crippen molar-refractivity contribution in [3.05, 3.63) is 48.0 Å². The SMILES string of the molecule is CC/C=C(C)\C=C/C(C)NC(=O)c1ccco1. The smallest absolute Gasteiger partial charge is 0.287 e. The minimum Gasteiger partial charge on any atom is -0.459 e. The first kappa shape index (κ1) is 13.3. The summed E-state index contributed by atoms with van der Waals surface area (Å²) in [4.78, 5) is 11.6. The average molecular weight is 233 g/mol. The summed E-state index contributed by atoms with van der Waals surface area (Å²) in [5.74, 6) is 0.148. The fourth-order valence-corrected chi connectivity index (χ4v) is 1.42. The summed E-state index contributed by atoms with van der Waals surface area (Å²) in [6.45, 7) is 6.07. The van der Waals surface area contributed by atoms with Gasteiger partial charge in [0.15, 0.2) is 5.76 Å². The number of hydrogen-bond donors (Lipinski definition) is 1. The highest BCUT2D eigenvalue weighted by molar-refractivity contribution is 5.91. The van der Waals surface area contributed by atoms with Crippen molar-refractivity contribution < 1.29 is 9.21 Å². The molecule has 0 aliphatic carbocycles. The number of allylic oxidation sites excluding steroid dienone is 3. The lowest BCUT2D eigenvalue weighted by atomic mass is 10.2. The first-order valence-electron chi connectivity index (χ1n) is 5.82. The summed E-state index contributed by atoms with van der Waals surface area (Å²) in [7, 11) is 0. The van der Waals surface area contributed by atoms with Gasteiger partial charge in [-0.25, -0.2) is 0 Å². The molecule has 1 aromatic rings. The molecule has 1 aromatic heterocycles. The van der Waals surface area contributed by atoms with Gasteiger partial charge in [-0.1, -0.05) is 30.7 Å². The number of furan rings is 1. The number of amides is 1. The first-order chi connectivity index (χ1) is 8.13. The molecule has 17 heavy (non-hydrogen) atoms. The van der Waals surface area contributed by atoms with Crippen LogP contribution in [-0.2, 0) is 0 Å². The molecule has 1 heterocycles. The fourth-order valence-electron chi connectivity index (χ4n) is 1.42. The van der Waals surface area contributed by atoms with Crippen LogP contribution in [0.5, 0.6) is 0 Å². The average Bonchev–Trinajstić information content (AvgIpc) is 2.80.